The van der Waals surface area contributed by atoms with Crippen molar-refractivity contribution in [1.29, 1.82) is 0 Å². The molecule has 2 amide bonds. The number of ether oxygens (including phenoxy) is 2. The Hall–Kier alpha value is -2.55. The zero-order chi connectivity index (χ0) is 26.4. The van der Waals surface area contributed by atoms with Crippen LogP contribution in [0.25, 0.3) is 0 Å². The minimum absolute atomic E-state index is 0.0516. The summed E-state index contributed by atoms with van der Waals surface area (Å²) in [4.78, 5) is 62.6. The number of rotatable bonds is 17. The number of esters is 1. The summed E-state index contributed by atoms with van der Waals surface area (Å²) in [6.07, 6.45) is 8.11. The van der Waals surface area contributed by atoms with Gasteiger partial charge in [-0.1, -0.05) is 52.4 Å². The summed E-state index contributed by atoms with van der Waals surface area (Å²) in [7, 11) is 0. The maximum absolute atomic E-state index is 13.0. The molecule has 1 rings (SSSR count). The van der Waals surface area contributed by atoms with Crippen LogP contribution in [0, 0.1) is 11.8 Å². The molecule has 9 nitrogen and oxygen atoms in total. The summed E-state index contributed by atoms with van der Waals surface area (Å²) in [6, 6.07) is -0.469. The van der Waals surface area contributed by atoms with E-state index in [9.17, 15) is 24.0 Å². The van der Waals surface area contributed by atoms with E-state index in [-0.39, 0.29) is 24.9 Å². The molecule has 9 heteroatoms. The molecule has 0 aliphatic carbocycles. The fourth-order valence-electron chi connectivity index (χ4n) is 3.94. The van der Waals surface area contributed by atoms with Crippen LogP contribution in [0.2, 0.25) is 0 Å². The zero-order valence-electron chi connectivity index (χ0n) is 21.5. The third-order valence-electron chi connectivity index (χ3n) is 6.09. The first-order valence-corrected chi connectivity index (χ1v) is 12.6. The molecular formula is C26H41NO8. The normalized spacial score (nSPS) is 17.5. The molecule has 0 bridgehead atoms. The van der Waals surface area contributed by atoms with E-state index in [4.69, 9.17) is 14.6 Å². The van der Waals surface area contributed by atoms with Crippen molar-refractivity contribution in [2.45, 2.75) is 97.6 Å². The lowest BCUT2D eigenvalue weighted by molar-refractivity contribution is -0.158. The smallest absolute Gasteiger partial charge is 0.416 e. The Morgan fingerprint density at radius 2 is 1.57 bits per heavy atom. The van der Waals surface area contributed by atoms with E-state index >= 15 is 0 Å². The summed E-state index contributed by atoms with van der Waals surface area (Å²) in [5.74, 6) is -3.50. The van der Waals surface area contributed by atoms with Crippen LogP contribution in [0.1, 0.15) is 85.5 Å². The van der Waals surface area contributed by atoms with E-state index in [1.165, 1.54) is 6.92 Å². The van der Waals surface area contributed by atoms with Gasteiger partial charge in [0.15, 0.2) is 17.7 Å². The van der Waals surface area contributed by atoms with Gasteiger partial charge in [0, 0.05) is 20.0 Å². The van der Waals surface area contributed by atoms with Gasteiger partial charge in [-0.05, 0) is 37.8 Å². The Kier molecular flexibility index (Phi) is 14.1. The largest absolute Gasteiger partial charge is 0.453 e. The number of ketones is 2. The Morgan fingerprint density at radius 1 is 1.00 bits per heavy atom. The van der Waals surface area contributed by atoms with Crippen LogP contribution >= 0.6 is 0 Å². The average Bonchev–Trinajstić information content (AvgIpc) is 3.20. The molecule has 1 fully saturated rings. The lowest BCUT2D eigenvalue weighted by Gasteiger charge is -2.28. The molecule has 1 saturated heterocycles. The van der Waals surface area contributed by atoms with Gasteiger partial charge in [0.25, 0.3) is 0 Å². The summed E-state index contributed by atoms with van der Waals surface area (Å²) in [5, 5.41) is 8.76. The van der Waals surface area contributed by atoms with Crippen LogP contribution in [0.3, 0.4) is 0 Å². The quantitative estimate of drug-likeness (QED) is 0.184. The molecule has 0 aromatic carbocycles. The number of imide groups is 1. The van der Waals surface area contributed by atoms with Crippen LogP contribution in [-0.2, 0) is 28.7 Å². The van der Waals surface area contributed by atoms with Crippen molar-refractivity contribution >= 4 is 29.5 Å². The summed E-state index contributed by atoms with van der Waals surface area (Å²) in [5.41, 5.74) is 0. The maximum Gasteiger partial charge on any atom is 0.416 e. The number of nitrogens with zero attached hydrogens (tertiary/aromatic N) is 1. The molecule has 0 aromatic heterocycles. The molecule has 1 aliphatic heterocycles. The minimum atomic E-state index is -1.45. The van der Waals surface area contributed by atoms with Crippen molar-refractivity contribution in [3.8, 4) is 0 Å². The number of aliphatic hydroxyl groups excluding tert-OH is 1. The Labute approximate surface area is 208 Å². The van der Waals surface area contributed by atoms with Crippen molar-refractivity contribution in [3.63, 3.8) is 0 Å². The number of carbonyl (C=O) groups is 5. The SMILES string of the molecule is CC(=O)O[C@H](C(=O)C=CC(=O)CCCCCCCCCCO)[C@H](C)C(=O)N1C(=O)OC[C@@H]1C(C)C. The number of aliphatic hydroxyl groups is 1. The predicted molar refractivity (Wildman–Crippen MR) is 129 cm³/mol. The fourth-order valence-corrected chi connectivity index (χ4v) is 3.94. The van der Waals surface area contributed by atoms with E-state index in [2.05, 4.69) is 0 Å². The number of carbonyl (C=O) groups excluding carboxylic acids is 5. The van der Waals surface area contributed by atoms with Gasteiger partial charge >= 0.3 is 12.1 Å². The molecular weight excluding hydrogens is 454 g/mol. The number of amides is 2. The highest BCUT2D eigenvalue weighted by molar-refractivity contribution is 6.04. The van der Waals surface area contributed by atoms with Gasteiger partial charge in [0.1, 0.15) is 6.61 Å². The molecule has 0 saturated carbocycles. The standard InChI is InChI=1S/C26H41NO8/c1-18(2)22-17-34-26(33)27(22)25(32)19(3)24(35-20(4)29)23(31)15-14-21(30)13-11-9-7-5-6-8-10-12-16-28/h14-15,18-19,22,24,28H,5-13,16-17H2,1-4H3/t19-,22+,24-/m0/s1. The molecule has 0 radical (unpaired) electrons. The van der Waals surface area contributed by atoms with Crippen molar-refractivity contribution < 1.29 is 38.6 Å². The van der Waals surface area contributed by atoms with E-state index in [1.807, 2.05) is 13.8 Å². The highest BCUT2D eigenvalue weighted by atomic mass is 16.6. The molecule has 0 spiro atoms. The van der Waals surface area contributed by atoms with Crippen molar-refractivity contribution in [3.05, 3.63) is 12.2 Å². The second-order valence-electron chi connectivity index (χ2n) is 9.42. The molecule has 3 atom stereocenters. The van der Waals surface area contributed by atoms with Crippen molar-refractivity contribution in [2.75, 3.05) is 13.2 Å². The van der Waals surface area contributed by atoms with Gasteiger partial charge in [-0.15, -0.1) is 0 Å². The van der Waals surface area contributed by atoms with Gasteiger partial charge in [0.2, 0.25) is 5.91 Å². The highest BCUT2D eigenvalue weighted by Crippen LogP contribution is 2.24. The molecule has 1 N–H and O–H groups in total. The van der Waals surface area contributed by atoms with E-state index in [0.29, 0.717) is 12.8 Å². The highest BCUT2D eigenvalue weighted by Gasteiger charge is 2.44. The van der Waals surface area contributed by atoms with Gasteiger partial charge in [-0.2, -0.15) is 0 Å². The average molecular weight is 496 g/mol. The van der Waals surface area contributed by atoms with E-state index in [1.54, 1.807) is 0 Å². The number of cyclic esters (lactones) is 1. The number of hydrogen-bond acceptors (Lipinski definition) is 8. The third-order valence-corrected chi connectivity index (χ3v) is 6.09. The van der Waals surface area contributed by atoms with Crippen LogP contribution in [-0.4, -0.2) is 64.9 Å². The van der Waals surface area contributed by atoms with Gasteiger partial charge in [0.05, 0.1) is 12.0 Å². The summed E-state index contributed by atoms with van der Waals surface area (Å²) < 4.78 is 10.1. The van der Waals surface area contributed by atoms with Crippen LogP contribution in [0.5, 0.6) is 0 Å². The first kappa shape index (κ1) is 30.5. The van der Waals surface area contributed by atoms with Crippen molar-refractivity contribution in [2.24, 2.45) is 11.8 Å². The molecule has 198 valence electrons. The number of hydrogen-bond donors (Lipinski definition) is 1. The monoisotopic (exact) mass is 495 g/mol. The van der Waals surface area contributed by atoms with Gasteiger partial charge in [-0.3, -0.25) is 19.2 Å². The second-order valence-corrected chi connectivity index (χ2v) is 9.42. The lowest BCUT2D eigenvalue weighted by Crippen LogP contribution is -2.48. The van der Waals surface area contributed by atoms with Crippen LogP contribution < -0.4 is 0 Å². The Morgan fingerprint density at radius 3 is 2.11 bits per heavy atom. The summed E-state index contributed by atoms with van der Waals surface area (Å²) >= 11 is 0. The number of unbranched alkanes of at least 4 members (excludes halogenated alkanes) is 7. The Bertz CT molecular complexity index is 760. The van der Waals surface area contributed by atoms with E-state index in [0.717, 1.165) is 68.9 Å². The zero-order valence-corrected chi connectivity index (χ0v) is 21.5. The van der Waals surface area contributed by atoms with Gasteiger partial charge < -0.3 is 14.6 Å². The summed E-state index contributed by atoms with van der Waals surface area (Å²) in [6.45, 7) is 6.54. The maximum atomic E-state index is 13.0. The third kappa shape index (κ3) is 10.7. The second kappa shape index (κ2) is 16.2. The van der Waals surface area contributed by atoms with Crippen LogP contribution in [0.4, 0.5) is 4.79 Å². The molecule has 0 unspecified atom stereocenters. The minimum Gasteiger partial charge on any atom is -0.453 e. The van der Waals surface area contributed by atoms with Gasteiger partial charge in [-0.25, -0.2) is 9.69 Å². The topological polar surface area (TPSA) is 127 Å². The molecule has 0 aromatic rings. The molecule has 1 aliphatic rings. The lowest BCUT2D eigenvalue weighted by atomic mass is 9.96. The first-order chi connectivity index (χ1) is 16.6. The Balaban J connectivity index is 2.61. The first-order valence-electron chi connectivity index (χ1n) is 12.6. The van der Waals surface area contributed by atoms with E-state index < -0.39 is 41.8 Å². The molecule has 1 heterocycles. The van der Waals surface area contributed by atoms with Crippen LogP contribution in [0.15, 0.2) is 12.2 Å². The predicted octanol–water partition coefficient (Wildman–Crippen LogP) is 3.76. The number of allylic oxidation sites excluding steroid dienone is 1. The van der Waals surface area contributed by atoms with Crippen molar-refractivity contribution in [1.82, 2.24) is 4.90 Å². The molecule has 35 heavy (non-hydrogen) atoms. The fraction of sp³-hybridized carbons (Fsp3) is 0.731.